The lowest BCUT2D eigenvalue weighted by molar-refractivity contribution is -0.140. The summed E-state index contributed by atoms with van der Waals surface area (Å²) in [5, 5.41) is 0.560. The predicted molar refractivity (Wildman–Crippen MR) is 116 cm³/mol. The molecule has 9 heteroatoms. The van der Waals surface area contributed by atoms with Gasteiger partial charge in [0.1, 0.15) is 23.6 Å². The first-order valence-corrected chi connectivity index (χ1v) is 10.6. The number of hydrogen-bond acceptors (Lipinski definition) is 6. The number of hydrogen-bond donors (Lipinski definition) is 0. The molecule has 0 amide bonds. The van der Waals surface area contributed by atoms with Gasteiger partial charge < -0.3 is 14.4 Å². The van der Waals surface area contributed by atoms with Crippen LogP contribution in [0.3, 0.4) is 0 Å². The van der Waals surface area contributed by atoms with Gasteiger partial charge in [0.25, 0.3) is 5.56 Å². The average molecular weight is 445 g/mol. The van der Waals surface area contributed by atoms with Crippen LogP contribution in [0.25, 0.3) is 22.2 Å². The Hall–Kier alpha value is -2.55. The zero-order valence-corrected chi connectivity index (χ0v) is 18.0. The van der Waals surface area contributed by atoms with Crippen LogP contribution in [-0.4, -0.2) is 53.0 Å². The van der Waals surface area contributed by atoms with Gasteiger partial charge in [0.15, 0.2) is 0 Å². The molecule has 0 saturated carbocycles. The fraction of sp³-hybridized carbons (Fsp3) is 0.409. The summed E-state index contributed by atoms with van der Waals surface area (Å²) in [5.41, 5.74) is 0.690. The van der Waals surface area contributed by atoms with Crippen molar-refractivity contribution in [1.82, 2.24) is 14.5 Å². The van der Waals surface area contributed by atoms with Crippen LogP contribution < -0.4 is 10.5 Å². The van der Waals surface area contributed by atoms with Crippen LogP contribution in [0.1, 0.15) is 12.2 Å². The van der Waals surface area contributed by atoms with Crippen LogP contribution in [0.2, 0.25) is 5.02 Å². The number of ether oxygens (including phenoxy) is 2. The van der Waals surface area contributed by atoms with Crippen LogP contribution in [0.15, 0.2) is 29.1 Å². The zero-order valence-electron chi connectivity index (χ0n) is 17.3. The molecular formula is C22H22ClFN4O3. The minimum Gasteiger partial charge on any atom is -0.375 e. The number of fused-ring (bicyclic) bond motifs is 1. The number of morpholine rings is 1. The third kappa shape index (κ3) is 3.58. The fourth-order valence-corrected chi connectivity index (χ4v) is 4.23. The van der Waals surface area contributed by atoms with Gasteiger partial charge in [-0.05, 0) is 31.5 Å². The molecule has 0 bridgehead atoms. The van der Waals surface area contributed by atoms with Gasteiger partial charge in [-0.2, -0.15) is 0 Å². The van der Waals surface area contributed by atoms with Gasteiger partial charge in [-0.3, -0.25) is 9.36 Å². The Kier molecular flexibility index (Phi) is 5.16. The van der Waals surface area contributed by atoms with Crippen molar-refractivity contribution in [2.75, 3.05) is 31.2 Å². The second-order valence-corrected chi connectivity index (χ2v) is 8.36. The molecule has 31 heavy (non-hydrogen) atoms. The first kappa shape index (κ1) is 20.4. The van der Waals surface area contributed by atoms with Crippen molar-refractivity contribution in [3.63, 3.8) is 0 Å². The van der Waals surface area contributed by atoms with Crippen molar-refractivity contribution in [2.45, 2.75) is 25.6 Å². The van der Waals surface area contributed by atoms with Crippen molar-refractivity contribution in [2.24, 2.45) is 7.05 Å². The molecule has 2 saturated heterocycles. The first-order valence-electron chi connectivity index (χ1n) is 10.2. The van der Waals surface area contributed by atoms with Crippen molar-refractivity contribution < 1.29 is 13.9 Å². The van der Waals surface area contributed by atoms with Crippen molar-refractivity contribution in [1.29, 1.82) is 0 Å². The van der Waals surface area contributed by atoms with E-state index in [0.29, 0.717) is 36.9 Å². The molecule has 0 spiro atoms. The second kappa shape index (κ2) is 7.85. The molecule has 2 aromatic heterocycles. The minimum absolute atomic E-state index is 0.0472. The maximum absolute atomic E-state index is 14.9. The quantitative estimate of drug-likeness (QED) is 0.618. The highest BCUT2D eigenvalue weighted by Crippen LogP contribution is 2.32. The molecule has 162 valence electrons. The second-order valence-electron chi connectivity index (χ2n) is 7.92. The Morgan fingerprint density at radius 1 is 1.16 bits per heavy atom. The lowest BCUT2D eigenvalue weighted by Crippen LogP contribution is -2.52. The van der Waals surface area contributed by atoms with Crippen molar-refractivity contribution in [3.05, 3.63) is 51.3 Å². The summed E-state index contributed by atoms with van der Waals surface area (Å²) >= 11 is 5.95. The lowest BCUT2D eigenvalue weighted by atomic mass is 10.0. The van der Waals surface area contributed by atoms with Crippen LogP contribution in [0, 0.1) is 12.7 Å². The molecule has 2 aliphatic heterocycles. The summed E-state index contributed by atoms with van der Waals surface area (Å²) in [4.78, 5) is 24.5. The van der Waals surface area contributed by atoms with E-state index in [0.717, 1.165) is 13.0 Å². The van der Waals surface area contributed by atoms with Crippen LogP contribution in [-0.2, 0) is 16.5 Å². The summed E-state index contributed by atoms with van der Waals surface area (Å²) < 4.78 is 27.8. The molecular weight excluding hydrogens is 423 g/mol. The lowest BCUT2D eigenvalue weighted by Gasteiger charge is -2.40. The van der Waals surface area contributed by atoms with E-state index >= 15 is 0 Å². The third-order valence-corrected chi connectivity index (χ3v) is 6.26. The average Bonchev–Trinajstić information content (AvgIpc) is 2.70. The smallest absolute Gasteiger partial charge is 0.263 e. The van der Waals surface area contributed by atoms with Crippen molar-refractivity contribution >= 4 is 28.3 Å². The van der Waals surface area contributed by atoms with E-state index < -0.39 is 5.82 Å². The highest BCUT2D eigenvalue weighted by Gasteiger charge is 2.34. The Morgan fingerprint density at radius 2 is 1.94 bits per heavy atom. The molecule has 0 unspecified atom stereocenters. The predicted octanol–water partition coefficient (Wildman–Crippen LogP) is 3.09. The third-order valence-electron chi connectivity index (χ3n) is 6.02. The Morgan fingerprint density at radius 3 is 2.65 bits per heavy atom. The molecule has 3 aromatic rings. The SMILES string of the molecule is Cc1nc2cc(N3CCO[C@@H]([C@@H]4CCO4)C3)nc(-c3ccc(Cl)cc3F)c2c(=O)n1C. The van der Waals surface area contributed by atoms with E-state index in [1.54, 1.807) is 32.2 Å². The van der Waals surface area contributed by atoms with Gasteiger partial charge in [-0.25, -0.2) is 14.4 Å². The number of rotatable bonds is 3. The monoisotopic (exact) mass is 444 g/mol. The van der Waals surface area contributed by atoms with Gasteiger partial charge in [0.2, 0.25) is 0 Å². The number of anilines is 1. The molecule has 2 atom stereocenters. The first-order chi connectivity index (χ1) is 14.9. The Balaban J connectivity index is 1.68. The summed E-state index contributed by atoms with van der Waals surface area (Å²) in [7, 11) is 1.64. The summed E-state index contributed by atoms with van der Waals surface area (Å²) in [6.45, 7) is 4.30. The van der Waals surface area contributed by atoms with Crippen LogP contribution >= 0.6 is 11.6 Å². The van der Waals surface area contributed by atoms with Gasteiger partial charge >= 0.3 is 0 Å². The van der Waals surface area contributed by atoms with E-state index in [1.807, 2.05) is 0 Å². The van der Waals surface area contributed by atoms with E-state index in [2.05, 4.69) is 9.88 Å². The Bertz CT molecular complexity index is 1230. The van der Waals surface area contributed by atoms with Crippen molar-refractivity contribution in [3.8, 4) is 11.3 Å². The molecule has 7 nitrogen and oxygen atoms in total. The highest BCUT2D eigenvalue weighted by atomic mass is 35.5. The fourth-order valence-electron chi connectivity index (χ4n) is 4.08. The van der Waals surface area contributed by atoms with E-state index in [4.69, 9.17) is 26.1 Å². The van der Waals surface area contributed by atoms with E-state index in [-0.39, 0.29) is 39.4 Å². The number of aryl methyl sites for hydroxylation is 1. The molecule has 4 heterocycles. The van der Waals surface area contributed by atoms with E-state index in [1.165, 1.54) is 10.6 Å². The number of pyridine rings is 1. The zero-order chi connectivity index (χ0) is 21.7. The maximum Gasteiger partial charge on any atom is 0.263 e. The molecule has 1 aromatic carbocycles. The summed E-state index contributed by atoms with van der Waals surface area (Å²) in [5.74, 6) is 0.660. The molecule has 2 aliphatic rings. The van der Waals surface area contributed by atoms with Gasteiger partial charge in [0, 0.05) is 43.4 Å². The number of aromatic nitrogens is 3. The molecule has 0 radical (unpaired) electrons. The molecule has 0 aliphatic carbocycles. The summed E-state index contributed by atoms with van der Waals surface area (Å²) in [6, 6.07) is 6.16. The molecule has 0 N–H and O–H groups in total. The number of halogens is 2. The summed E-state index contributed by atoms with van der Waals surface area (Å²) in [6.07, 6.45) is 1.01. The maximum atomic E-state index is 14.9. The van der Waals surface area contributed by atoms with E-state index in [9.17, 15) is 9.18 Å². The normalized spacial score (nSPS) is 21.4. The van der Waals surface area contributed by atoms with Crippen LogP contribution in [0.4, 0.5) is 10.2 Å². The molecule has 2 fully saturated rings. The highest BCUT2D eigenvalue weighted by molar-refractivity contribution is 6.30. The van der Waals surface area contributed by atoms with Crippen LogP contribution in [0.5, 0.6) is 0 Å². The number of nitrogens with zero attached hydrogens (tertiary/aromatic N) is 4. The van der Waals surface area contributed by atoms with Gasteiger partial charge in [-0.1, -0.05) is 11.6 Å². The number of benzene rings is 1. The van der Waals surface area contributed by atoms with Gasteiger partial charge in [0.05, 0.1) is 29.3 Å². The molecule has 5 rings (SSSR count). The minimum atomic E-state index is -0.538. The largest absolute Gasteiger partial charge is 0.375 e. The van der Waals surface area contributed by atoms with Gasteiger partial charge in [-0.15, -0.1) is 0 Å². The topological polar surface area (TPSA) is 69.5 Å². The standard InChI is InChI=1S/C22H22ClFN4O3/c1-12-25-16-10-19(28-6-8-31-18(11-28)17-5-7-30-17)26-21(20(16)22(29)27(12)2)14-4-3-13(23)9-15(14)24/h3-4,9-10,17-18H,5-8,11H2,1-2H3/t17-,18+/m0/s1. The Labute approximate surface area is 183 Å².